The number of fused-ring (bicyclic) bond motifs is 1. The molecule has 7 nitrogen and oxygen atoms in total. The van der Waals surface area contributed by atoms with Gasteiger partial charge >= 0.3 is 5.91 Å². The first-order valence-corrected chi connectivity index (χ1v) is 7.34. The van der Waals surface area contributed by atoms with E-state index in [-0.39, 0.29) is 5.91 Å². The van der Waals surface area contributed by atoms with E-state index < -0.39 is 0 Å². The number of rotatable bonds is 2. The monoisotopic (exact) mass is 320 g/mol. The van der Waals surface area contributed by atoms with Crippen molar-refractivity contribution in [2.75, 3.05) is 5.73 Å². The van der Waals surface area contributed by atoms with Crippen molar-refractivity contribution in [2.24, 2.45) is 0 Å². The molecule has 0 fully saturated rings. The Hall–Kier alpha value is -3.48. The first kappa shape index (κ1) is 14.1. The van der Waals surface area contributed by atoms with Crippen molar-refractivity contribution in [1.82, 2.24) is 14.6 Å². The number of nitrogen functional groups attached to an aromatic ring is 1. The lowest BCUT2D eigenvalue weighted by Crippen LogP contribution is -2.42. The molecule has 4 aromatic rings. The van der Waals surface area contributed by atoms with E-state index in [4.69, 9.17) is 10.2 Å². The standard InChI is InChI=1S/C17H14N5O2/c1-11-4-2-6-21(9-11)17(23)12-8-13(18)16-19-15(20-22(16)10-12)14-5-3-7-24-14/h2-10H,18H2,1H3/q+1. The number of pyridine rings is 2. The third-order valence-corrected chi connectivity index (χ3v) is 3.63. The van der Waals surface area contributed by atoms with Crippen LogP contribution in [0.25, 0.3) is 17.2 Å². The van der Waals surface area contributed by atoms with Gasteiger partial charge in [-0.05, 0) is 31.2 Å². The predicted molar refractivity (Wildman–Crippen MR) is 86.2 cm³/mol. The highest BCUT2D eigenvalue weighted by atomic mass is 16.3. The van der Waals surface area contributed by atoms with Crippen LogP contribution in [0, 0.1) is 6.92 Å². The minimum absolute atomic E-state index is 0.192. The van der Waals surface area contributed by atoms with Crippen molar-refractivity contribution in [3.63, 3.8) is 0 Å². The Morgan fingerprint density at radius 3 is 2.96 bits per heavy atom. The van der Waals surface area contributed by atoms with Crippen molar-refractivity contribution in [2.45, 2.75) is 6.92 Å². The summed E-state index contributed by atoms with van der Waals surface area (Å²) in [7, 11) is 0. The van der Waals surface area contributed by atoms with Crippen molar-refractivity contribution in [3.05, 3.63) is 66.3 Å². The highest BCUT2D eigenvalue weighted by Gasteiger charge is 2.21. The van der Waals surface area contributed by atoms with E-state index in [1.165, 1.54) is 9.08 Å². The number of aryl methyl sites for hydroxylation is 1. The Morgan fingerprint density at radius 2 is 2.21 bits per heavy atom. The van der Waals surface area contributed by atoms with Crippen LogP contribution in [0.5, 0.6) is 0 Å². The summed E-state index contributed by atoms with van der Waals surface area (Å²) in [6.45, 7) is 1.92. The van der Waals surface area contributed by atoms with Crippen molar-refractivity contribution < 1.29 is 13.8 Å². The quantitative estimate of drug-likeness (QED) is 0.569. The third kappa shape index (κ3) is 2.32. The van der Waals surface area contributed by atoms with Crippen molar-refractivity contribution >= 4 is 17.2 Å². The molecule has 0 atom stereocenters. The maximum Gasteiger partial charge on any atom is 0.426 e. The Kier molecular flexibility index (Phi) is 3.13. The largest absolute Gasteiger partial charge is 0.461 e. The van der Waals surface area contributed by atoms with Crippen molar-refractivity contribution in [1.29, 1.82) is 0 Å². The molecule has 7 heteroatoms. The number of furan rings is 1. The lowest BCUT2D eigenvalue weighted by Gasteiger charge is -2.00. The van der Waals surface area contributed by atoms with Gasteiger partial charge in [0.25, 0.3) is 0 Å². The first-order valence-electron chi connectivity index (χ1n) is 7.34. The Balaban J connectivity index is 1.81. The van der Waals surface area contributed by atoms with Crippen LogP contribution in [0.1, 0.15) is 15.9 Å². The number of nitrogens with zero attached hydrogens (tertiary/aromatic N) is 4. The van der Waals surface area contributed by atoms with Crippen LogP contribution in [0.3, 0.4) is 0 Å². The molecule has 0 amide bonds. The van der Waals surface area contributed by atoms with Gasteiger partial charge in [0.05, 0.1) is 12.0 Å². The number of hydrogen-bond acceptors (Lipinski definition) is 5. The van der Waals surface area contributed by atoms with E-state index in [9.17, 15) is 4.79 Å². The molecule has 4 heterocycles. The summed E-state index contributed by atoms with van der Waals surface area (Å²) in [5.41, 5.74) is 8.32. The molecule has 0 aliphatic heterocycles. The number of carbonyl (C=O) groups is 1. The van der Waals surface area contributed by atoms with Crippen molar-refractivity contribution in [3.8, 4) is 11.6 Å². The topological polar surface area (TPSA) is 90.3 Å². The fraction of sp³-hybridized carbons (Fsp3) is 0.0588. The highest BCUT2D eigenvalue weighted by Crippen LogP contribution is 2.20. The van der Waals surface area contributed by atoms with E-state index in [2.05, 4.69) is 10.1 Å². The van der Waals surface area contributed by atoms with Crippen LogP contribution in [0.15, 0.2) is 59.6 Å². The van der Waals surface area contributed by atoms with Gasteiger partial charge in [-0.15, -0.1) is 9.67 Å². The van der Waals surface area contributed by atoms with E-state index in [0.29, 0.717) is 28.5 Å². The zero-order valence-corrected chi connectivity index (χ0v) is 12.9. The Morgan fingerprint density at radius 1 is 1.33 bits per heavy atom. The maximum atomic E-state index is 12.7. The smallest absolute Gasteiger partial charge is 0.426 e. The molecule has 0 aliphatic rings. The van der Waals surface area contributed by atoms with Gasteiger partial charge in [-0.2, -0.15) is 0 Å². The molecular formula is C17H14N5O2+. The summed E-state index contributed by atoms with van der Waals surface area (Å²) in [6, 6.07) is 8.87. The number of anilines is 1. The van der Waals surface area contributed by atoms with Gasteiger partial charge in [0.15, 0.2) is 23.8 Å². The SMILES string of the molecule is Cc1ccc[n+](C(=O)c2cc(N)c3nc(-c4ccco4)nn3c2)c1. The second-order valence-electron chi connectivity index (χ2n) is 5.46. The molecule has 24 heavy (non-hydrogen) atoms. The van der Waals surface area contributed by atoms with Gasteiger partial charge in [0.1, 0.15) is 5.56 Å². The van der Waals surface area contributed by atoms with Crippen LogP contribution in [0.2, 0.25) is 0 Å². The second-order valence-corrected chi connectivity index (χ2v) is 5.46. The number of hydrogen-bond donors (Lipinski definition) is 1. The lowest BCUT2D eigenvalue weighted by atomic mass is 10.2. The van der Waals surface area contributed by atoms with Gasteiger partial charge in [-0.25, -0.2) is 14.3 Å². The molecule has 118 valence electrons. The van der Waals surface area contributed by atoms with Gasteiger partial charge in [-0.3, -0.25) is 0 Å². The second kappa shape index (κ2) is 5.31. The maximum absolute atomic E-state index is 12.7. The molecule has 0 bridgehead atoms. The normalized spacial score (nSPS) is 11.0. The van der Waals surface area contributed by atoms with E-state index in [0.717, 1.165) is 5.56 Å². The lowest BCUT2D eigenvalue weighted by molar-refractivity contribution is -0.571. The molecule has 0 spiro atoms. The van der Waals surface area contributed by atoms with E-state index in [1.807, 2.05) is 19.1 Å². The van der Waals surface area contributed by atoms with Gasteiger partial charge in [0.2, 0.25) is 5.82 Å². The molecular weight excluding hydrogens is 306 g/mol. The fourth-order valence-corrected chi connectivity index (χ4v) is 2.51. The average Bonchev–Trinajstić information content (AvgIpc) is 3.23. The molecule has 0 saturated heterocycles. The molecule has 2 N–H and O–H groups in total. The zero-order chi connectivity index (χ0) is 16.7. The fourth-order valence-electron chi connectivity index (χ4n) is 2.51. The average molecular weight is 320 g/mol. The van der Waals surface area contributed by atoms with Crippen LogP contribution in [-0.2, 0) is 0 Å². The highest BCUT2D eigenvalue weighted by molar-refractivity contribution is 5.89. The minimum atomic E-state index is -0.192. The summed E-state index contributed by atoms with van der Waals surface area (Å²) in [6.07, 6.45) is 6.63. The molecule has 0 unspecified atom stereocenters. The molecule has 0 aromatic carbocycles. The molecule has 0 saturated carbocycles. The molecule has 0 aliphatic carbocycles. The van der Waals surface area contributed by atoms with Gasteiger partial charge in [-0.1, -0.05) is 0 Å². The minimum Gasteiger partial charge on any atom is -0.461 e. The summed E-state index contributed by atoms with van der Waals surface area (Å²) >= 11 is 0. The number of aromatic nitrogens is 4. The Bertz CT molecular complexity index is 1050. The number of nitrogens with two attached hydrogens (primary N) is 1. The van der Waals surface area contributed by atoms with Crippen LogP contribution in [0.4, 0.5) is 5.69 Å². The van der Waals surface area contributed by atoms with Gasteiger partial charge in [0, 0.05) is 17.8 Å². The summed E-state index contributed by atoms with van der Waals surface area (Å²) in [4.78, 5) is 17.0. The van der Waals surface area contributed by atoms with Gasteiger partial charge < -0.3 is 10.2 Å². The van der Waals surface area contributed by atoms with Crippen LogP contribution >= 0.6 is 0 Å². The van der Waals surface area contributed by atoms with Crippen LogP contribution < -0.4 is 10.3 Å². The third-order valence-electron chi connectivity index (χ3n) is 3.63. The Labute approximate surface area is 137 Å². The number of carbonyl (C=O) groups excluding carboxylic acids is 1. The summed E-state index contributed by atoms with van der Waals surface area (Å²) in [5.74, 6) is 0.765. The summed E-state index contributed by atoms with van der Waals surface area (Å²) in [5, 5.41) is 4.34. The molecule has 4 aromatic heterocycles. The van der Waals surface area contributed by atoms with E-state index in [1.54, 1.807) is 43.1 Å². The predicted octanol–water partition coefficient (Wildman–Crippen LogP) is 1.86. The van der Waals surface area contributed by atoms with Crippen LogP contribution in [-0.4, -0.2) is 20.5 Å². The molecule has 0 radical (unpaired) electrons. The van der Waals surface area contributed by atoms with E-state index >= 15 is 0 Å². The zero-order valence-electron chi connectivity index (χ0n) is 12.9. The molecule has 4 rings (SSSR count). The first-order chi connectivity index (χ1) is 11.6. The summed E-state index contributed by atoms with van der Waals surface area (Å²) < 4.78 is 8.31.